The number of hydrogen-bond donors (Lipinski definition) is 1. The van der Waals surface area contributed by atoms with Gasteiger partial charge < -0.3 is 9.53 Å². The van der Waals surface area contributed by atoms with E-state index >= 15 is 0 Å². The Morgan fingerprint density at radius 2 is 2.29 bits per heavy atom. The molecule has 0 saturated heterocycles. The quantitative estimate of drug-likeness (QED) is 0.521. The summed E-state index contributed by atoms with van der Waals surface area (Å²) < 4.78 is 5.40. The van der Waals surface area contributed by atoms with Crippen LogP contribution in [0.2, 0.25) is 5.54 Å². The Labute approximate surface area is 88.1 Å². The number of hydrogen-bond acceptors (Lipinski definition) is 2. The average Bonchev–Trinajstić information content (AvgIpc) is 2.14. The van der Waals surface area contributed by atoms with Crippen LogP contribution in [0.25, 0.3) is 0 Å². The fourth-order valence-electron chi connectivity index (χ4n) is 1.07. The van der Waals surface area contributed by atoms with Gasteiger partial charge in [0.05, 0.1) is 0 Å². The van der Waals surface area contributed by atoms with Crippen molar-refractivity contribution >= 4 is 15.7 Å². The normalized spacial score (nSPS) is 14.9. The van der Waals surface area contributed by atoms with Crippen molar-refractivity contribution in [1.82, 2.24) is 0 Å². The van der Waals surface area contributed by atoms with Crippen molar-refractivity contribution < 1.29 is 14.3 Å². The highest BCUT2D eigenvalue weighted by Crippen LogP contribution is 2.12. The first-order valence-corrected chi connectivity index (χ1v) is 6.45. The summed E-state index contributed by atoms with van der Waals surface area (Å²) in [5, 5.41) is 8.60. The molecule has 82 valence electrons. The van der Waals surface area contributed by atoms with Gasteiger partial charge in [0.15, 0.2) is 9.76 Å². The Morgan fingerprint density at radius 3 is 2.79 bits per heavy atom. The minimum Gasteiger partial charge on any atom is -0.478 e. The van der Waals surface area contributed by atoms with E-state index in [0.29, 0.717) is 11.1 Å². The Kier molecular flexibility index (Phi) is 7.42. The van der Waals surface area contributed by atoms with Gasteiger partial charge in [0.1, 0.15) is 0 Å². The topological polar surface area (TPSA) is 46.5 Å². The molecular weight excluding hydrogens is 196 g/mol. The van der Waals surface area contributed by atoms with E-state index in [0.717, 1.165) is 19.4 Å². The van der Waals surface area contributed by atoms with Crippen LogP contribution in [0.5, 0.6) is 0 Å². The van der Waals surface area contributed by atoms with E-state index in [4.69, 9.17) is 9.53 Å². The summed E-state index contributed by atoms with van der Waals surface area (Å²) in [4.78, 5) is 10.5. The summed E-state index contributed by atoms with van der Waals surface area (Å²) in [5.41, 5.74) is 1.07. The van der Waals surface area contributed by atoms with Crippen LogP contribution in [0.4, 0.5) is 0 Å². The predicted octanol–water partition coefficient (Wildman–Crippen LogP) is 1.73. The summed E-state index contributed by atoms with van der Waals surface area (Å²) >= 11 is 0. The van der Waals surface area contributed by atoms with E-state index in [2.05, 4.69) is 6.92 Å². The molecule has 0 amide bonds. The Hall–Kier alpha value is -0.613. The van der Waals surface area contributed by atoms with Gasteiger partial charge in [-0.3, -0.25) is 0 Å². The fourth-order valence-corrected chi connectivity index (χ4v) is 2.11. The molecule has 1 unspecified atom stereocenters. The maximum atomic E-state index is 10.5. The van der Waals surface area contributed by atoms with Crippen molar-refractivity contribution in [1.29, 1.82) is 0 Å². The standard InChI is InChI=1S/C10H20O3Si/c1-4-13-14-9(3)7-5-6-8(2)10(11)12/h6,9H,4-5,7,14H2,1-3H3,(H,11,12). The molecule has 1 N–H and O–H groups in total. The number of carboxylic acids is 1. The maximum Gasteiger partial charge on any atom is 0.330 e. The minimum absolute atomic E-state index is 0.405. The van der Waals surface area contributed by atoms with Crippen LogP contribution in [0.3, 0.4) is 0 Å². The Balaban J connectivity index is 3.62. The molecule has 0 aliphatic rings. The molecule has 14 heavy (non-hydrogen) atoms. The molecule has 0 aliphatic carbocycles. The molecule has 0 aliphatic heterocycles. The first kappa shape index (κ1) is 13.4. The van der Waals surface area contributed by atoms with E-state index in [-0.39, 0.29) is 0 Å². The lowest BCUT2D eigenvalue weighted by Gasteiger charge is -2.08. The van der Waals surface area contributed by atoms with Crippen molar-refractivity contribution in [2.24, 2.45) is 0 Å². The van der Waals surface area contributed by atoms with Gasteiger partial charge in [-0.1, -0.05) is 13.0 Å². The zero-order chi connectivity index (χ0) is 11.0. The van der Waals surface area contributed by atoms with Crippen molar-refractivity contribution in [3.05, 3.63) is 11.6 Å². The van der Waals surface area contributed by atoms with Gasteiger partial charge in [-0.25, -0.2) is 4.79 Å². The third-order valence-electron chi connectivity index (χ3n) is 2.05. The Morgan fingerprint density at radius 1 is 1.64 bits per heavy atom. The highest BCUT2D eigenvalue weighted by atomic mass is 28.2. The first-order chi connectivity index (χ1) is 6.57. The van der Waals surface area contributed by atoms with Crippen LogP contribution >= 0.6 is 0 Å². The first-order valence-electron chi connectivity index (χ1n) is 5.05. The molecule has 0 spiro atoms. The van der Waals surface area contributed by atoms with Crippen molar-refractivity contribution in [2.45, 2.75) is 39.2 Å². The van der Waals surface area contributed by atoms with Crippen molar-refractivity contribution in [3.63, 3.8) is 0 Å². The third kappa shape index (κ3) is 6.86. The van der Waals surface area contributed by atoms with E-state index in [1.807, 2.05) is 6.92 Å². The highest BCUT2D eigenvalue weighted by molar-refractivity contribution is 6.29. The summed E-state index contributed by atoms with van der Waals surface area (Å²) in [5.74, 6) is -0.820. The lowest BCUT2D eigenvalue weighted by Crippen LogP contribution is -2.05. The number of allylic oxidation sites excluding steroid dienone is 1. The molecule has 0 aromatic rings. The second-order valence-electron chi connectivity index (χ2n) is 3.53. The number of carbonyl (C=O) groups is 1. The lowest BCUT2D eigenvalue weighted by atomic mass is 10.2. The lowest BCUT2D eigenvalue weighted by molar-refractivity contribution is -0.132. The van der Waals surface area contributed by atoms with Crippen LogP contribution < -0.4 is 0 Å². The van der Waals surface area contributed by atoms with Gasteiger partial charge >= 0.3 is 5.97 Å². The van der Waals surface area contributed by atoms with E-state index < -0.39 is 15.7 Å². The summed E-state index contributed by atoms with van der Waals surface area (Å²) in [6, 6.07) is 0. The monoisotopic (exact) mass is 216 g/mol. The Bertz CT molecular complexity index is 202. The van der Waals surface area contributed by atoms with Gasteiger partial charge in [-0.15, -0.1) is 0 Å². The predicted molar refractivity (Wildman–Crippen MR) is 60.2 cm³/mol. The highest BCUT2D eigenvalue weighted by Gasteiger charge is 2.03. The van der Waals surface area contributed by atoms with Crippen LogP contribution in [0.15, 0.2) is 11.6 Å². The van der Waals surface area contributed by atoms with Gasteiger partial charge in [-0.2, -0.15) is 0 Å². The van der Waals surface area contributed by atoms with Gasteiger partial charge in [0, 0.05) is 12.2 Å². The molecule has 1 atom stereocenters. The zero-order valence-electron chi connectivity index (χ0n) is 9.25. The molecule has 0 bridgehead atoms. The molecule has 0 fully saturated rings. The minimum atomic E-state index is -0.820. The van der Waals surface area contributed by atoms with Crippen molar-refractivity contribution in [3.8, 4) is 0 Å². The molecule has 0 saturated carbocycles. The summed E-state index contributed by atoms with van der Waals surface area (Å²) in [6.07, 6.45) is 3.68. The third-order valence-corrected chi connectivity index (χ3v) is 3.68. The average molecular weight is 216 g/mol. The zero-order valence-corrected chi connectivity index (χ0v) is 10.7. The van der Waals surface area contributed by atoms with E-state index in [1.165, 1.54) is 0 Å². The largest absolute Gasteiger partial charge is 0.478 e. The number of rotatable bonds is 7. The molecule has 4 heteroatoms. The maximum absolute atomic E-state index is 10.5. The molecular formula is C10H20O3Si. The fraction of sp³-hybridized carbons (Fsp3) is 0.700. The molecule has 0 rings (SSSR count). The smallest absolute Gasteiger partial charge is 0.330 e. The van der Waals surface area contributed by atoms with Crippen LogP contribution in [-0.4, -0.2) is 27.4 Å². The van der Waals surface area contributed by atoms with Gasteiger partial charge in [0.2, 0.25) is 0 Å². The molecule has 0 aromatic heterocycles. The van der Waals surface area contributed by atoms with Gasteiger partial charge in [0.25, 0.3) is 0 Å². The molecule has 0 heterocycles. The van der Waals surface area contributed by atoms with Gasteiger partial charge in [-0.05, 0) is 32.2 Å². The SMILES string of the molecule is CCO[SiH2]C(C)CCC=C(C)C(=O)O. The van der Waals surface area contributed by atoms with Crippen LogP contribution in [0.1, 0.15) is 33.6 Å². The number of carboxylic acid groups (broad SMARTS) is 1. The van der Waals surface area contributed by atoms with Crippen LogP contribution in [0, 0.1) is 0 Å². The van der Waals surface area contributed by atoms with E-state index in [1.54, 1.807) is 13.0 Å². The number of aliphatic carboxylic acids is 1. The van der Waals surface area contributed by atoms with Crippen molar-refractivity contribution in [2.75, 3.05) is 6.61 Å². The molecule has 0 aromatic carbocycles. The summed E-state index contributed by atoms with van der Waals surface area (Å²) in [6.45, 7) is 6.62. The second kappa shape index (κ2) is 7.76. The van der Waals surface area contributed by atoms with Crippen LogP contribution in [-0.2, 0) is 9.22 Å². The molecule has 0 radical (unpaired) electrons. The van der Waals surface area contributed by atoms with E-state index in [9.17, 15) is 4.79 Å². The summed E-state index contributed by atoms with van der Waals surface area (Å²) in [7, 11) is -0.405. The molecule has 3 nitrogen and oxygen atoms in total. The second-order valence-corrected chi connectivity index (χ2v) is 5.67.